The molecule has 5 heteroatoms. The first kappa shape index (κ1) is 15.7. The number of rotatable bonds is 4. The number of nitrogens with one attached hydrogen (secondary N) is 2. The highest BCUT2D eigenvalue weighted by Gasteiger charge is 2.24. The number of carbonyl (C=O) groups excluding carboxylic acids is 1. The fourth-order valence-corrected chi connectivity index (χ4v) is 2.85. The molecule has 1 amide bonds. The van der Waals surface area contributed by atoms with E-state index < -0.39 is 0 Å². The first-order chi connectivity index (χ1) is 8.25. The largest absolute Gasteiger partial charge is 0.375 e. The highest BCUT2D eigenvalue weighted by Crippen LogP contribution is 2.27. The summed E-state index contributed by atoms with van der Waals surface area (Å²) in [7, 11) is 0. The SMILES string of the molecule is CC(NC(=O)CC1CNCCO1)C1CCCC1.Cl. The van der Waals surface area contributed by atoms with Gasteiger partial charge in [0.25, 0.3) is 0 Å². The lowest BCUT2D eigenvalue weighted by atomic mass is 9.99. The molecule has 2 fully saturated rings. The van der Waals surface area contributed by atoms with E-state index >= 15 is 0 Å². The minimum absolute atomic E-state index is 0. The van der Waals surface area contributed by atoms with Crippen LogP contribution in [0.4, 0.5) is 0 Å². The van der Waals surface area contributed by atoms with Crippen molar-refractivity contribution in [3.63, 3.8) is 0 Å². The number of ether oxygens (including phenoxy) is 1. The van der Waals surface area contributed by atoms with Crippen LogP contribution in [0, 0.1) is 5.92 Å². The van der Waals surface area contributed by atoms with Gasteiger partial charge in [0, 0.05) is 19.1 Å². The topological polar surface area (TPSA) is 50.4 Å². The molecular weight excluding hydrogens is 252 g/mol. The smallest absolute Gasteiger partial charge is 0.222 e. The molecule has 2 atom stereocenters. The maximum absolute atomic E-state index is 11.9. The van der Waals surface area contributed by atoms with Crippen LogP contribution in [-0.4, -0.2) is 37.7 Å². The van der Waals surface area contributed by atoms with Crippen molar-refractivity contribution in [1.82, 2.24) is 10.6 Å². The zero-order valence-electron chi connectivity index (χ0n) is 11.1. The summed E-state index contributed by atoms with van der Waals surface area (Å²) in [6.07, 6.45) is 5.72. The molecule has 0 aromatic carbocycles. The van der Waals surface area contributed by atoms with E-state index in [0.717, 1.165) is 19.7 Å². The Morgan fingerprint density at radius 3 is 2.78 bits per heavy atom. The monoisotopic (exact) mass is 276 g/mol. The summed E-state index contributed by atoms with van der Waals surface area (Å²) in [5.41, 5.74) is 0. The molecule has 4 nitrogen and oxygen atoms in total. The molecule has 2 aliphatic rings. The first-order valence-electron chi connectivity index (χ1n) is 6.87. The van der Waals surface area contributed by atoms with Crippen LogP contribution < -0.4 is 10.6 Å². The summed E-state index contributed by atoms with van der Waals surface area (Å²) in [6, 6.07) is 0.321. The zero-order valence-corrected chi connectivity index (χ0v) is 11.9. The van der Waals surface area contributed by atoms with Crippen molar-refractivity contribution < 1.29 is 9.53 Å². The van der Waals surface area contributed by atoms with Gasteiger partial charge < -0.3 is 15.4 Å². The Bertz CT molecular complexity index is 251. The molecule has 18 heavy (non-hydrogen) atoms. The standard InChI is InChI=1S/C13H24N2O2.ClH/c1-10(11-4-2-3-5-11)15-13(16)8-12-9-14-6-7-17-12;/h10-12,14H,2-9H2,1H3,(H,15,16);1H. The molecule has 1 aliphatic heterocycles. The fourth-order valence-electron chi connectivity index (χ4n) is 2.85. The number of morpholine rings is 1. The third-order valence-electron chi connectivity index (χ3n) is 3.91. The molecule has 0 bridgehead atoms. The highest BCUT2D eigenvalue weighted by molar-refractivity contribution is 5.85. The molecule has 2 unspecified atom stereocenters. The van der Waals surface area contributed by atoms with E-state index in [1.807, 2.05) is 0 Å². The number of hydrogen-bond donors (Lipinski definition) is 2. The van der Waals surface area contributed by atoms with Crippen molar-refractivity contribution in [2.24, 2.45) is 5.92 Å². The van der Waals surface area contributed by atoms with Gasteiger partial charge in [0.15, 0.2) is 0 Å². The maximum Gasteiger partial charge on any atom is 0.222 e. The lowest BCUT2D eigenvalue weighted by Crippen LogP contribution is -2.44. The Hall–Kier alpha value is -0.320. The summed E-state index contributed by atoms with van der Waals surface area (Å²) in [4.78, 5) is 11.9. The molecular formula is C13H25ClN2O2. The molecule has 1 saturated carbocycles. The normalized spacial score (nSPS) is 26.4. The number of carbonyl (C=O) groups is 1. The Labute approximate surface area is 116 Å². The summed E-state index contributed by atoms with van der Waals surface area (Å²) in [5.74, 6) is 0.822. The molecule has 106 valence electrons. The minimum atomic E-state index is 0. The van der Waals surface area contributed by atoms with Crippen molar-refractivity contribution in [2.45, 2.75) is 51.2 Å². The van der Waals surface area contributed by atoms with E-state index in [-0.39, 0.29) is 24.4 Å². The van der Waals surface area contributed by atoms with Gasteiger partial charge in [-0.15, -0.1) is 12.4 Å². The Kier molecular flexibility index (Phi) is 6.97. The Morgan fingerprint density at radius 2 is 2.17 bits per heavy atom. The lowest BCUT2D eigenvalue weighted by Gasteiger charge is -2.25. The predicted octanol–water partition coefficient (Wildman–Crippen LogP) is 1.48. The molecule has 2 rings (SSSR count). The third kappa shape index (κ3) is 4.75. The van der Waals surface area contributed by atoms with E-state index in [4.69, 9.17) is 4.74 Å². The van der Waals surface area contributed by atoms with E-state index in [0.29, 0.717) is 18.4 Å². The molecule has 0 aromatic rings. The van der Waals surface area contributed by atoms with Gasteiger partial charge in [-0.3, -0.25) is 4.79 Å². The number of halogens is 1. The number of hydrogen-bond acceptors (Lipinski definition) is 3. The van der Waals surface area contributed by atoms with Crippen LogP contribution >= 0.6 is 12.4 Å². The van der Waals surface area contributed by atoms with Crippen LogP contribution in [0.5, 0.6) is 0 Å². The summed E-state index contributed by atoms with van der Waals surface area (Å²) >= 11 is 0. The highest BCUT2D eigenvalue weighted by atomic mass is 35.5. The van der Waals surface area contributed by atoms with Crippen LogP contribution in [0.3, 0.4) is 0 Å². The van der Waals surface area contributed by atoms with Crippen molar-refractivity contribution in [3.05, 3.63) is 0 Å². The van der Waals surface area contributed by atoms with Crippen molar-refractivity contribution >= 4 is 18.3 Å². The first-order valence-corrected chi connectivity index (χ1v) is 6.87. The molecule has 0 aromatic heterocycles. The Balaban J connectivity index is 0.00000162. The molecule has 0 spiro atoms. The fraction of sp³-hybridized carbons (Fsp3) is 0.923. The van der Waals surface area contributed by atoms with Gasteiger partial charge >= 0.3 is 0 Å². The summed E-state index contributed by atoms with van der Waals surface area (Å²) in [6.45, 7) is 4.55. The average molecular weight is 277 g/mol. The van der Waals surface area contributed by atoms with Crippen LogP contribution in [0.1, 0.15) is 39.0 Å². The van der Waals surface area contributed by atoms with E-state index in [1.54, 1.807) is 0 Å². The maximum atomic E-state index is 11.9. The number of amides is 1. The van der Waals surface area contributed by atoms with Gasteiger partial charge in [-0.25, -0.2) is 0 Å². The van der Waals surface area contributed by atoms with Gasteiger partial charge in [-0.2, -0.15) is 0 Å². The van der Waals surface area contributed by atoms with Crippen molar-refractivity contribution in [2.75, 3.05) is 19.7 Å². The second-order valence-electron chi connectivity index (χ2n) is 5.30. The van der Waals surface area contributed by atoms with Gasteiger partial charge in [0.05, 0.1) is 19.1 Å². The minimum Gasteiger partial charge on any atom is -0.375 e. The summed E-state index contributed by atoms with van der Waals surface area (Å²) in [5, 5.41) is 6.37. The van der Waals surface area contributed by atoms with Gasteiger partial charge in [-0.1, -0.05) is 12.8 Å². The second kappa shape index (κ2) is 7.97. The quantitative estimate of drug-likeness (QED) is 0.818. The average Bonchev–Trinajstić information content (AvgIpc) is 2.83. The van der Waals surface area contributed by atoms with E-state index in [1.165, 1.54) is 25.7 Å². The van der Waals surface area contributed by atoms with Gasteiger partial charge in [0.1, 0.15) is 0 Å². The van der Waals surface area contributed by atoms with Gasteiger partial charge in [0.2, 0.25) is 5.91 Å². The third-order valence-corrected chi connectivity index (χ3v) is 3.91. The lowest BCUT2D eigenvalue weighted by molar-refractivity contribution is -0.125. The van der Waals surface area contributed by atoms with E-state index in [9.17, 15) is 4.79 Å². The second-order valence-corrected chi connectivity index (χ2v) is 5.30. The molecule has 1 saturated heterocycles. The van der Waals surface area contributed by atoms with E-state index in [2.05, 4.69) is 17.6 Å². The molecule has 2 N–H and O–H groups in total. The molecule has 1 heterocycles. The Morgan fingerprint density at radius 1 is 1.44 bits per heavy atom. The summed E-state index contributed by atoms with van der Waals surface area (Å²) < 4.78 is 5.53. The molecule has 0 radical (unpaired) electrons. The molecule has 1 aliphatic carbocycles. The van der Waals surface area contributed by atoms with Crippen LogP contribution in [0.2, 0.25) is 0 Å². The van der Waals surface area contributed by atoms with Crippen LogP contribution in [0.15, 0.2) is 0 Å². The predicted molar refractivity (Wildman–Crippen MR) is 74.0 cm³/mol. The zero-order chi connectivity index (χ0) is 12.1. The van der Waals surface area contributed by atoms with Crippen LogP contribution in [0.25, 0.3) is 0 Å². The van der Waals surface area contributed by atoms with Crippen LogP contribution in [-0.2, 0) is 9.53 Å². The van der Waals surface area contributed by atoms with Crippen molar-refractivity contribution in [3.8, 4) is 0 Å². The van der Waals surface area contributed by atoms with Gasteiger partial charge in [-0.05, 0) is 25.7 Å². The van der Waals surface area contributed by atoms with Crippen molar-refractivity contribution in [1.29, 1.82) is 0 Å².